The maximum absolute atomic E-state index is 2.49. The highest BCUT2D eigenvalue weighted by Gasteiger charge is 2.49. The molecule has 0 heterocycles. The Morgan fingerprint density at radius 2 is 0.787 bits per heavy atom. The molecule has 0 aliphatic heterocycles. The number of para-hydroxylation sites is 1. The summed E-state index contributed by atoms with van der Waals surface area (Å²) >= 11 is 0. The summed E-state index contributed by atoms with van der Waals surface area (Å²) in [5, 5.41) is 5.17. The van der Waals surface area contributed by atoms with E-state index >= 15 is 0 Å². The Morgan fingerprint density at radius 1 is 0.311 bits per heavy atom. The third-order valence-electron chi connectivity index (χ3n) is 14.3. The standard InChI is InChI=1S/C60H41N/c1-59(2)50-26-12-9-21-42(50)45-32-31-40(37-55(45)59)61(39-19-7-4-8-20-39)56-36-35-48-44-23-11-14-28-52(44)60(54-30-16-25-49(56)58(48)54)51-27-13-10-22-43(51)47-34-33-41(38-17-5-3-6-18-38)46-24-15-29-53(60)57(46)47/h3-37H,1-2H3. The maximum Gasteiger partial charge on any atom is 0.0725 e. The maximum atomic E-state index is 2.49. The lowest BCUT2D eigenvalue weighted by Crippen LogP contribution is -2.36. The van der Waals surface area contributed by atoms with Gasteiger partial charge in [-0.2, -0.15) is 0 Å². The van der Waals surface area contributed by atoms with Gasteiger partial charge in [-0.3, -0.25) is 0 Å². The number of fused-ring (bicyclic) bond motifs is 11. The Kier molecular flexibility index (Phi) is 7.06. The molecule has 13 rings (SSSR count). The van der Waals surface area contributed by atoms with Crippen molar-refractivity contribution in [3.8, 4) is 44.5 Å². The predicted octanol–water partition coefficient (Wildman–Crippen LogP) is 15.8. The molecule has 1 unspecified atom stereocenters. The van der Waals surface area contributed by atoms with E-state index in [1.807, 2.05) is 0 Å². The van der Waals surface area contributed by atoms with Crippen LogP contribution in [0, 0.1) is 0 Å². The molecule has 1 nitrogen and oxygen atoms in total. The highest BCUT2D eigenvalue weighted by atomic mass is 15.1. The zero-order valence-corrected chi connectivity index (χ0v) is 34.2. The second-order valence-corrected chi connectivity index (χ2v) is 17.5. The fourth-order valence-corrected chi connectivity index (χ4v) is 11.7. The van der Waals surface area contributed by atoms with Crippen molar-refractivity contribution in [1.82, 2.24) is 0 Å². The van der Waals surface area contributed by atoms with E-state index in [0.717, 1.165) is 11.4 Å². The van der Waals surface area contributed by atoms with Crippen LogP contribution < -0.4 is 4.90 Å². The number of rotatable bonds is 4. The summed E-state index contributed by atoms with van der Waals surface area (Å²) in [6.45, 7) is 4.74. The topological polar surface area (TPSA) is 3.24 Å². The van der Waals surface area contributed by atoms with Crippen molar-refractivity contribution in [2.45, 2.75) is 24.7 Å². The van der Waals surface area contributed by atoms with Crippen molar-refractivity contribution in [3.63, 3.8) is 0 Å². The SMILES string of the molecule is CC1(C)c2ccccc2-c2ccc(N(c3ccccc3)c3ccc4c5c(cccc35)C3(c5ccccc5-c5ccc(-c6ccccc6)c6cccc3c56)c3ccccc3-4)cc21. The third-order valence-corrected chi connectivity index (χ3v) is 14.3. The van der Waals surface area contributed by atoms with Gasteiger partial charge in [-0.05, 0) is 124 Å². The van der Waals surface area contributed by atoms with Gasteiger partial charge in [-0.15, -0.1) is 0 Å². The number of anilines is 3. The fourth-order valence-electron chi connectivity index (χ4n) is 11.7. The van der Waals surface area contributed by atoms with Crippen LogP contribution in [0.1, 0.15) is 47.2 Å². The molecule has 0 N–H and O–H groups in total. The monoisotopic (exact) mass is 775 g/mol. The van der Waals surface area contributed by atoms with Gasteiger partial charge in [0, 0.05) is 22.2 Å². The summed E-state index contributed by atoms with van der Waals surface area (Å²) in [6, 6.07) is 79.9. The van der Waals surface area contributed by atoms with Crippen LogP contribution in [0.3, 0.4) is 0 Å². The van der Waals surface area contributed by atoms with Gasteiger partial charge < -0.3 is 4.90 Å². The van der Waals surface area contributed by atoms with Gasteiger partial charge in [0.1, 0.15) is 0 Å². The van der Waals surface area contributed by atoms with Crippen LogP contribution in [0.2, 0.25) is 0 Å². The van der Waals surface area contributed by atoms with Crippen LogP contribution in [0.15, 0.2) is 212 Å². The van der Waals surface area contributed by atoms with E-state index in [1.165, 1.54) is 105 Å². The molecule has 0 saturated heterocycles. The molecule has 3 aliphatic carbocycles. The Bertz CT molecular complexity index is 3450. The van der Waals surface area contributed by atoms with Gasteiger partial charge in [0.2, 0.25) is 0 Å². The average molecular weight is 776 g/mol. The quantitative estimate of drug-likeness (QED) is 0.172. The molecule has 1 heteroatoms. The molecule has 0 aromatic heterocycles. The molecule has 0 bridgehead atoms. The van der Waals surface area contributed by atoms with Gasteiger partial charge in [0.15, 0.2) is 0 Å². The van der Waals surface area contributed by atoms with E-state index in [4.69, 9.17) is 0 Å². The van der Waals surface area contributed by atoms with Crippen molar-refractivity contribution in [2.75, 3.05) is 4.90 Å². The molecular weight excluding hydrogens is 735 g/mol. The number of nitrogens with zero attached hydrogens (tertiary/aromatic N) is 1. The van der Waals surface area contributed by atoms with Crippen LogP contribution in [-0.2, 0) is 10.8 Å². The molecule has 286 valence electrons. The Labute approximate surface area is 356 Å². The Morgan fingerprint density at radius 3 is 1.46 bits per heavy atom. The first-order valence-corrected chi connectivity index (χ1v) is 21.5. The minimum atomic E-state index is -0.568. The molecule has 0 saturated carbocycles. The first-order valence-electron chi connectivity index (χ1n) is 21.5. The summed E-state index contributed by atoms with van der Waals surface area (Å²) in [7, 11) is 0. The second-order valence-electron chi connectivity index (χ2n) is 17.5. The van der Waals surface area contributed by atoms with E-state index in [2.05, 4.69) is 231 Å². The van der Waals surface area contributed by atoms with Crippen LogP contribution in [0.4, 0.5) is 17.1 Å². The number of hydrogen-bond acceptors (Lipinski definition) is 1. The molecule has 10 aromatic carbocycles. The fraction of sp³-hybridized carbons (Fsp3) is 0.0667. The van der Waals surface area contributed by atoms with Crippen LogP contribution in [-0.4, -0.2) is 0 Å². The van der Waals surface area contributed by atoms with E-state index < -0.39 is 5.41 Å². The summed E-state index contributed by atoms with van der Waals surface area (Å²) in [5.41, 5.74) is 21.2. The predicted molar refractivity (Wildman–Crippen MR) is 255 cm³/mol. The van der Waals surface area contributed by atoms with Crippen molar-refractivity contribution in [2.24, 2.45) is 0 Å². The summed E-state index contributed by atoms with van der Waals surface area (Å²) < 4.78 is 0. The Balaban J connectivity index is 1.13. The lowest BCUT2D eigenvalue weighted by molar-refractivity contribution is 0.660. The smallest absolute Gasteiger partial charge is 0.0725 e. The first kappa shape index (κ1) is 34.4. The Hall–Kier alpha value is -7.48. The molecule has 10 aromatic rings. The van der Waals surface area contributed by atoms with Crippen molar-refractivity contribution < 1.29 is 0 Å². The number of hydrogen-bond donors (Lipinski definition) is 0. The molecule has 0 fully saturated rings. The summed E-state index contributed by atoms with van der Waals surface area (Å²) in [4.78, 5) is 2.49. The van der Waals surface area contributed by atoms with E-state index in [-0.39, 0.29) is 5.41 Å². The van der Waals surface area contributed by atoms with Gasteiger partial charge in [-0.1, -0.05) is 196 Å². The lowest BCUT2D eigenvalue weighted by atomic mass is 9.55. The lowest BCUT2D eigenvalue weighted by Gasteiger charge is -2.46. The minimum absolute atomic E-state index is 0.119. The molecule has 0 radical (unpaired) electrons. The summed E-state index contributed by atoms with van der Waals surface area (Å²) in [6.07, 6.45) is 0. The molecule has 1 spiro atoms. The molecule has 3 aliphatic rings. The van der Waals surface area contributed by atoms with Crippen LogP contribution in [0.25, 0.3) is 66.1 Å². The molecular formula is C60H41N. The zero-order valence-electron chi connectivity index (χ0n) is 34.2. The average Bonchev–Trinajstić information content (AvgIpc) is 3.55. The zero-order chi connectivity index (χ0) is 40.5. The minimum Gasteiger partial charge on any atom is -0.310 e. The van der Waals surface area contributed by atoms with Crippen molar-refractivity contribution in [3.05, 3.63) is 246 Å². The normalized spacial score (nSPS) is 15.9. The first-order chi connectivity index (χ1) is 30.0. The van der Waals surface area contributed by atoms with Gasteiger partial charge >= 0.3 is 0 Å². The van der Waals surface area contributed by atoms with E-state index in [0.29, 0.717) is 0 Å². The third kappa shape index (κ3) is 4.50. The molecule has 61 heavy (non-hydrogen) atoms. The van der Waals surface area contributed by atoms with Crippen LogP contribution >= 0.6 is 0 Å². The van der Waals surface area contributed by atoms with E-state index in [9.17, 15) is 0 Å². The van der Waals surface area contributed by atoms with E-state index in [1.54, 1.807) is 0 Å². The number of benzene rings is 10. The second kappa shape index (κ2) is 12.5. The van der Waals surface area contributed by atoms with Crippen molar-refractivity contribution >= 4 is 38.6 Å². The van der Waals surface area contributed by atoms with Gasteiger partial charge in [-0.25, -0.2) is 0 Å². The summed E-state index contributed by atoms with van der Waals surface area (Å²) in [5.74, 6) is 0. The largest absolute Gasteiger partial charge is 0.310 e. The highest BCUT2D eigenvalue weighted by molar-refractivity contribution is 6.15. The van der Waals surface area contributed by atoms with Crippen LogP contribution in [0.5, 0.6) is 0 Å². The molecule has 1 atom stereocenters. The molecule has 0 amide bonds. The van der Waals surface area contributed by atoms with Crippen molar-refractivity contribution in [1.29, 1.82) is 0 Å². The van der Waals surface area contributed by atoms with Gasteiger partial charge in [0.05, 0.1) is 11.1 Å². The highest BCUT2D eigenvalue weighted by Crippen LogP contribution is 2.62. The van der Waals surface area contributed by atoms with Gasteiger partial charge in [0.25, 0.3) is 0 Å².